The number of aliphatic carboxylic acids is 2. The van der Waals surface area contributed by atoms with E-state index in [1.807, 2.05) is 20.8 Å². The summed E-state index contributed by atoms with van der Waals surface area (Å²) in [5.74, 6) is -3.56. The van der Waals surface area contributed by atoms with Crippen LogP contribution in [0, 0.1) is 11.3 Å². The molecule has 43 heavy (non-hydrogen) atoms. The molecule has 2 heterocycles. The molecule has 11 nitrogen and oxygen atoms in total. The minimum atomic E-state index is -1.33. The van der Waals surface area contributed by atoms with Crippen LogP contribution in [0.5, 0.6) is 11.5 Å². The van der Waals surface area contributed by atoms with E-state index in [1.165, 1.54) is 14.2 Å². The summed E-state index contributed by atoms with van der Waals surface area (Å²) in [6.45, 7) is 6.16. The van der Waals surface area contributed by atoms with Crippen LogP contribution in [0.4, 0.5) is 5.69 Å². The maximum absolute atomic E-state index is 14.2. The predicted octanol–water partition coefficient (Wildman–Crippen LogP) is 4.39. The van der Waals surface area contributed by atoms with Gasteiger partial charge in [0.25, 0.3) is 5.91 Å². The Morgan fingerprint density at radius 3 is 2.37 bits per heavy atom. The summed E-state index contributed by atoms with van der Waals surface area (Å²) in [5, 5.41) is 19.7. The van der Waals surface area contributed by atoms with Gasteiger partial charge in [0.15, 0.2) is 11.5 Å². The average molecular weight is 617 g/mol. The molecular formula is C31H37ClN2O9. The number of carbonyl (C=O) groups is 4. The number of carbonyl (C=O) groups excluding carboxylic acids is 2. The Hall–Kier alpha value is -3.83. The number of piperidine rings is 1. The Bertz CT molecular complexity index is 1410. The van der Waals surface area contributed by atoms with E-state index in [0.29, 0.717) is 33.3 Å². The first-order valence-corrected chi connectivity index (χ1v) is 14.4. The highest BCUT2D eigenvalue weighted by Gasteiger charge is 2.43. The Morgan fingerprint density at radius 1 is 1.05 bits per heavy atom. The van der Waals surface area contributed by atoms with Crippen LogP contribution < -0.4 is 14.4 Å². The maximum atomic E-state index is 14.2. The van der Waals surface area contributed by atoms with Crippen molar-refractivity contribution in [1.29, 1.82) is 0 Å². The van der Waals surface area contributed by atoms with Gasteiger partial charge in [-0.3, -0.25) is 14.4 Å². The molecule has 12 heteroatoms. The first kappa shape index (κ1) is 32.1. The molecule has 232 valence electrons. The van der Waals surface area contributed by atoms with Crippen LogP contribution in [0.1, 0.15) is 57.3 Å². The average Bonchev–Trinajstić information content (AvgIpc) is 3.05. The van der Waals surface area contributed by atoms with Crippen molar-refractivity contribution in [2.45, 2.75) is 58.3 Å². The SMILES string of the molecule is COc1cccc(C2OC(CC(=O)N3CCC(C(=O)O)CC3C(=O)O)C(=O)N(CC(C)(C)C)c3ccc(Cl)cc32)c1OC. The van der Waals surface area contributed by atoms with E-state index in [9.17, 15) is 29.4 Å². The van der Waals surface area contributed by atoms with Crippen molar-refractivity contribution in [3.8, 4) is 11.5 Å². The van der Waals surface area contributed by atoms with Crippen LogP contribution in [0.15, 0.2) is 36.4 Å². The van der Waals surface area contributed by atoms with Crippen molar-refractivity contribution in [1.82, 2.24) is 4.90 Å². The number of anilines is 1. The second-order valence-corrected chi connectivity index (χ2v) is 12.4. The number of nitrogens with zero attached hydrogens (tertiary/aromatic N) is 2. The molecule has 4 rings (SSSR count). The van der Waals surface area contributed by atoms with Crippen LogP contribution >= 0.6 is 11.6 Å². The highest BCUT2D eigenvalue weighted by Crippen LogP contribution is 2.45. The third-order valence-corrected chi connectivity index (χ3v) is 7.91. The van der Waals surface area contributed by atoms with Crippen LogP contribution in [0.2, 0.25) is 5.02 Å². The third kappa shape index (κ3) is 6.88. The van der Waals surface area contributed by atoms with Crippen LogP contribution in [-0.4, -0.2) is 78.3 Å². The molecular weight excluding hydrogens is 580 g/mol. The van der Waals surface area contributed by atoms with Crippen LogP contribution in [0.25, 0.3) is 0 Å². The van der Waals surface area contributed by atoms with Crippen molar-refractivity contribution in [2.75, 3.05) is 32.2 Å². The van der Waals surface area contributed by atoms with E-state index in [4.69, 9.17) is 25.8 Å². The lowest BCUT2D eigenvalue weighted by atomic mass is 9.90. The number of ether oxygens (including phenoxy) is 3. The molecule has 2 N–H and O–H groups in total. The molecule has 2 aliphatic rings. The summed E-state index contributed by atoms with van der Waals surface area (Å²) in [7, 11) is 2.99. The molecule has 0 aromatic heterocycles. The molecule has 0 spiro atoms. The van der Waals surface area contributed by atoms with Crippen molar-refractivity contribution in [2.24, 2.45) is 11.3 Å². The second-order valence-electron chi connectivity index (χ2n) is 12.0. The van der Waals surface area contributed by atoms with E-state index >= 15 is 0 Å². The fourth-order valence-electron chi connectivity index (χ4n) is 5.70. The summed E-state index contributed by atoms with van der Waals surface area (Å²) in [5.41, 5.74) is 1.33. The number of hydrogen-bond acceptors (Lipinski definition) is 7. The summed E-state index contributed by atoms with van der Waals surface area (Å²) in [6.07, 6.45) is -2.80. The van der Waals surface area contributed by atoms with Gasteiger partial charge in [-0.2, -0.15) is 0 Å². The Kier molecular flexibility index (Phi) is 9.56. The maximum Gasteiger partial charge on any atom is 0.326 e. The summed E-state index contributed by atoms with van der Waals surface area (Å²) < 4.78 is 17.7. The van der Waals surface area contributed by atoms with Gasteiger partial charge in [-0.25, -0.2) is 4.79 Å². The molecule has 4 atom stereocenters. The summed E-state index contributed by atoms with van der Waals surface area (Å²) in [6, 6.07) is 9.06. The minimum Gasteiger partial charge on any atom is -0.493 e. The standard InChI is InChI=1S/C31H37ClN2O9/c1-31(2,3)16-34-21-10-9-18(32)14-20(21)26(19-7-6-8-23(41-4)27(19)42-5)43-24(28(34)36)15-25(35)33-12-11-17(29(37)38)13-22(33)30(39)40/h6-10,14,17,22,24,26H,11-13,15-16H2,1-5H3,(H,37,38)(H,39,40). The first-order valence-electron chi connectivity index (χ1n) is 14.0. The number of para-hydroxylation sites is 1. The van der Waals surface area contributed by atoms with Gasteiger partial charge in [0.05, 0.1) is 26.6 Å². The number of fused-ring (bicyclic) bond motifs is 1. The number of amides is 2. The van der Waals surface area contributed by atoms with Crippen molar-refractivity contribution < 1.29 is 43.6 Å². The van der Waals surface area contributed by atoms with Crippen molar-refractivity contribution in [3.05, 3.63) is 52.5 Å². The lowest BCUT2D eigenvalue weighted by Gasteiger charge is -2.37. The van der Waals surface area contributed by atoms with Crippen molar-refractivity contribution >= 4 is 41.0 Å². The Labute approximate surface area is 255 Å². The van der Waals surface area contributed by atoms with Gasteiger partial charge < -0.3 is 34.2 Å². The van der Waals surface area contributed by atoms with E-state index < -0.39 is 54.3 Å². The number of hydrogen-bond donors (Lipinski definition) is 2. The normalized spacial score (nSPS) is 22.4. The molecule has 4 unspecified atom stereocenters. The Morgan fingerprint density at radius 2 is 1.77 bits per heavy atom. The lowest BCUT2D eigenvalue weighted by molar-refractivity contribution is -0.158. The molecule has 2 aromatic rings. The number of rotatable bonds is 8. The lowest BCUT2D eigenvalue weighted by Crippen LogP contribution is -2.53. The largest absolute Gasteiger partial charge is 0.493 e. The number of likely N-dealkylation sites (tertiary alicyclic amines) is 1. The summed E-state index contributed by atoms with van der Waals surface area (Å²) >= 11 is 6.46. The first-order chi connectivity index (χ1) is 20.2. The number of carboxylic acid groups (broad SMARTS) is 2. The quantitative estimate of drug-likeness (QED) is 0.441. The predicted molar refractivity (Wildman–Crippen MR) is 158 cm³/mol. The zero-order chi connectivity index (χ0) is 31.6. The molecule has 1 saturated heterocycles. The zero-order valence-corrected chi connectivity index (χ0v) is 25.6. The van der Waals surface area contributed by atoms with Crippen LogP contribution in [0.3, 0.4) is 0 Å². The fourth-order valence-corrected chi connectivity index (χ4v) is 5.88. The summed E-state index contributed by atoms with van der Waals surface area (Å²) in [4.78, 5) is 54.3. The minimum absolute atomic E-state index is 0.0671. The van der Waals surface area contributed by atoms with Gasteiger partial charge >= 0.3 is 11.9 Å². The number of halogens is 1. The van der Waals surface area contributed by atoms with Gasteiger partial charge in [0.2, 0.25) is 5.91 Å². The molecule has 2 amide bonds. The van der Waals surface area contributed by atoms with E-state index in [-0.39, 0.29) is 31.3 Å². The third-order valence-electron chi connectivity index (χ3n) is 7.67. The van der Waals surface area contributed by atoms with Crippen molar-refractivity contribution in [3.63, 3.8) is 0 Å². The van der Waals surface area contributed by atoms with Crippen LogP contribution in [-0.2, 0) is 23.9 Å². The Balaban J connectivity index is 1.80. The second kappa shape index (κ2) is 12.8. The fraction of sp³-hybridized carbons (Fsp3) is 0.484. The van der Waals surface area contributed by atoms with Gasteiger partial charge in [-0.1, -0.05) is 44.5 Å². The van der Waals surface area contributed by atoms with E-state index in [2.05, 4.69) is 0 Å². The zero-order valence-electron chi connectivity index (χ0n) is 24.8. The van der Waals surface area contributed by atoms with Gasteiger partial charge in [0.1, 0.15) is 18.2 Å². The molecule has 1 fully saturated rings. The van der Waals surface area contributed by atoms with Gasteiger partial charge in [-0.05, 0) is 42.5 Å². The number of carboxylic acids is 2. The topological polar surface area (TPSA) is 143 Å². The monoisotopic (exact) mass is 616 g/mol. The van der Waals surface area contributed by atoms with Gasteiger partial charge in [-0.15, -0.1) is 0 Å². The molecule has 2 aromatic carbocycles. The van der Waals surface area contributed by atoms with Gasteiger partial charge in [0, 0.05) is 34.9 Å². The molecule has 0 aliphatic carbocycles. The molecule has 0 bridgehead atoms. The smallest absolute Gasteiger partial charge is 0.326 e. The van der Waals surface area contributed by atoms with E-state index in [1.54, 1.807) is 41.3 Å². The molecule has 0 radical (unpaired) electrons. The highest BCUT2D eigenvalue weighted by atomic mass is 35.5. The molecule has 2 aliphatic heterocycles. The number of methoxy groups -OCH3 is 2. The van der Waals surface area contributed by atoms with E-state index in [0.717, 1.165) is 4.90 Å². The molecule has 0 saturated carbocycles. The number of benzene rings is 2. The highest BCUT2D eigenvalue weighted by molar-refractivity contribution is 6.30.